The fourth-order valence-electron chi connectivity index (χ4n) is 2.55. The summed E-state index contributed by atoms with van der Waals surface area (Å²) in [7, 11) is 1.52. The molecule has 2 aromatic carbocycles. The van der Waals surface area contributed by atoms with Crippen LogP contribution in [0.2, 0.25) is 0 Å². The van der Waals surface area contributed by atoms with E-state index in [9.17, 15) is 14.4 Å². The molecule has 9 heteroatoms. The average molecular weight is 526 g/mol. The molecule has 1 aliphatic rings. The van der Waals surface area contributed by atoms with Gasteiger partial charge in [-0.15, -0.1) is 0 Å². The van der Waals surface area contributed by atoms with Gasteiger partial charge in [0.25, 0.3) is 11.1 Å². The Bertz CT molecular complexity index is 979. The van der Waals surface area contributed by atoms with Crippen molar-refractivity contribution >= 4 is 72.4 Å². The molecule has 0 unspecified atom stereocenters. The molecule has 2 aromatic rings. The van der Waals surface area contributed by atoms with Crippen LogP contribution in [0.1, 0.15) is 5.56 Å². The van der Waals surface area contributed by atoms with Crippen molar-refractivity contribution in [2.24, 2.45) is 0 Å². The number of thioether (sulfide) groups is 1. The van der Waals surface area contributed by atoms with Crippen molar-refractivity contribution in [2.45, 2.75) is 0 Å². The number of methoxy groups -OCH3 is 1. The first-order valence-corrected chi connectivity index (χ1v) is 10.4. The number of halogens is 2. The van der Waals surface area contributed by atoms with Gasteiger partial charge in [0.2, 0.25) is 5.91 Å². The summed E-state index contributed by atoms with van der Waals surface area (Å²) < 4.78 is 6.86. The van der Waals surface area contributed by atoms with Crippen molar-refractivity contribution in [3.63, 3.8) is 0 Å². The van der Waals surface area contributed by atoms with Crippen molar-refractivity contribution in [3.8, 4) is 5.75 Å². The summed E-state index contributed by atoms with van der Waals surface area (Å²) >= 11 is 7.58. The van der Waals surface area contributed by atoms with Crippen LogP contribution >= 0.6 is 43.6 Å². The number of hydrogen-bond acceptors (Lipinski definition) is 5. The summed E-state index contributed by atoms with van der Waals surface area (Å²) in [6.45, 7) is -0.351. The third kappa shape index (κ3) is 4.65. The Labute approximate surface area is 182 Å². The topological polar surface area (TPSA) is 75.7 Å². The number of carbonyl (C=O) groups excluding carboxylic acids is 3. The van der Waals surface area contributed by atoms with E-state index in [0.717, 1.165) is 21.1 Å². The summed E-state index contributed by atoms with van der Waals surface area (Å²) in [5.74, 6) is -0.425. The van der Waals surface area contributed by atoms with Gasteiger partial charge in [0.1, 0.15) is 12.3 Å². The molecule has 0 aromatic heterocycles. The van der Waals surface area contributed by atoms with Gasteiger partial charge in [0, 0.05) is 15.7 Å². The largest absolute Gasteiger partial charge is 0.495 e. The molecule has 144 valence electrons. The van der Waals surface area contributed by atoms with Gasteiger partial charge in [-0.2, -0.15) is 0 Å². The molecule has 0 aliphatic carbocycles. The molecule has 0 bridgehead atoms. The molecule has 0 atom stereocenters. The Morgan fingerprint density at radius 1 is 1.21 bits per heavy atom. The van der Waals surface area contributed by atoms with Crippen LogP contribution in [-0.2, 0) is 9.59 Å². The fourth-order valence-corrected chi connectivity index (χ4v) is 4.80. The maximum atomic E-state index is 12.6. The summed E-state index contributed by atoms with van der Waals surface area (Å²) in [6.07, 6.45) is 1.58. The number of ether oxygens (including phenoxy) is 1. The van der Waals surface area contributed by atoms with Gasteiger partial charge in [-0.05, 0) is 58.0 Å². The van der Waals surface area contributed by atoms with Crippen LogP contribution in [0.5, 0.6) is 5.75 Å². The van der Waals surface area contributed by atoms with Gasteiger partial charge in [-0.3, -0.25) is 19.3 Å². The molecule has 3 amide bonds. The highest BCUT2D eigenvalue weighted by Crippen LogP contribution is 2.38. The minimum atomic E-state index is -0.517. The maximum absolute atomic E-state index is 12.6. The van der Waals surface area contributed by atoms with Crippen LogP contribution in [0.25, 0.3) is 6.08 Å². The van der Waals surface area contributed by atoms with Gasteiger partial charge in [-0.1, -0.05) is 34.1 Å². The second kappa shape index (κ2) is 8.93. The van der Waals surface area contributed by atoms with Crippen LogP contribution in [0.15, 0.2) is 56.3 Å². The zero-order valence-corrected chi connectivity index (χ0v) is 18.6. The third-order valence-corrected chi connectivity index (χ3v) is 5.71. The first kappa shape index (κ1) is 20.6. The summed E-state index contributed by atoms with van der Waals surface area (Å²) in [6, 6.07) is 12.4. The lowest BCUT2D eigenvalue weighted by atomic mass is 10.2. The van der Waals surface area contributed by atoms with E-state index in [1.807, 2.05) is 12.1 Å². The Morgan fingerprint density at radius 2 is 1.93 bits per heavy atom. The van der Waals surface area contributed by atoms with Gasteiger partial charge < -0.3 is 10.1 Å². The summed E-state index contributed by atoms with van der Waals surface area (Å²) in [5, 5.41) is 2.17. The standard InChI is InChI=1S/C19H14Br2N2O4S/c1-27-17-11(7-12(20)9-14(17)21)8-15-18(25)23(19(26)28-15)10-16(24)22-13-5-3-2-4-6-13/h2-9H,10H2,1H3,(H,22,24)/b15-8-. The van der Waals surface area contributed by atoms with Crippen molar-refractivity contribution in [3.05, 3.63) is 61.9 Å². The lowest BCUT2D eigenvalue weighted by molar-refractivity contribution is -0.127. The molecule has 0 radical (unpaired) electrons. The van der Waals surface area contributed by atoms with E-state index in [-0.39, 0.29) is 11.4 Å². The number of carbonyl (C=O) groups is 3. The highest BCUT2D eigenvalue weighted by Gasteiger charge is 2.36. The number of hydrogen-bond donors (Lipinski definition) is 1. The van der Waals surface area contributed by atoms with Crippen LogP contribution in [0.3, 0.4) is 0 Å². The Morgan fingerprint density at radius 3 is 2.61 bits per heavy atom. The van der Waals surface area contributed by atoms with Gasteiger partial charge in [-0.25, -0.2) is 0 Å². The van der Waals surface area contributed by atoms with Crippen molar-refractivity contribution in [2.75, 3.05) is 19.0 Å². The number of rotatable bonds is 5. The zero-order valence-electron chi connectivity index (χ0n) is 14.6. The zero-order chi connectivity index (χ0) is 20.3. The summed E-state index contributed by atoms with van der Waals surface area (Å²) in [4.78, 5) is 38.3. The predicted molar refractivity (Wildman–Crippen MR) is 116 cm³/mol. The van der Waals surface area contributed by atoms with E-state index in [2.05, 4.69) is 37.2 Å². The smallest absolute Gasteiger partial charge is 0.294 e. The number of imide groups is 1. The molecule has 0 spiro atoms. The second-order valence-electron chi connectivity index (χ2n) is 5.69. The monoisotopic (exact) mass is 524 g/mol. The van der Waals surface area contributed by atoms with Crippen LogP contribution in [-0.4, -0.2) is 35.6 Å². The van der Waals surface area contributed by atoms with E-state index < -0.39 is 17.1 Å². The summed E-state index contributed by atoms with van der Waals surface area (Å²) in [5.41, 5.74) is 1.22. The average Bonchev–Trinajstić information content (AvgIpc) is 2.89. The number of para-hydroxylation sites is 1. The highest BCUT2D eigenvalue weighted by atomic mass is 79.9. The Hall–Kier alpha value is -2.10. The van der Waals surface area contributed by atoms with Gasteiger partial charge >= 0.3 is 0 Å². The van der Waals surface area contributed by atoms with Crippen molar-refractivity contribution in [1.29, 1.82) is 0 Å². The minimum absolute atomic E-state index is 0.223. The first-order valence-electron chi connectivity index (χ1n) is 8.02. The number of benzene rings is 2. The first-order chi connectivity index (χ1) is 13.4. The second-order valence-corrected chi connectivity index (χ2v) is 8.46. The number of nitrogens with zero attached hydrogens (tertiary/aromatic N) is 1. The number of nitrogens with one attached hydrogen (secondary N) is 1. The SMILES string of the molecule is COc1c(Br)cc(Br)cc1/C=C1\SC(=O)N(CC(=O)Nc2ccccc2)C1=O. The van der Waals surface area contributed by atoms with Crippen LogP contribution < -0.4 is 10.1 Å². The molecule has 6 nitrogen and oxygen atoms in total. The van der Waals surface area contributed by atoms with E-state index in [1.54, 1.807) is 36.4 Å². The lowest BCUT2D eigenvalue weighted by Crippen LogP contribution is -2.36. The third-order valence-electron chi connectivity index (χ3n) is 3.76. The molecule has 0 saturated carbocycles. The normalized spacial score (nSPS) is 15.2. The lowest BCUT2D eigenvalue weighted by Gasteiger charge is -2.12. The fraction of sp³-hybridized carbons (Fsp3) is 0.105. The molecule has 1 N–H and O–H groups in total. The molecule has 28 heavy (non-hydrogen) atoms. The Kier molecular flexibility index (Phi) is 6.58. The van der Waals surface area contributed by atoms with E-state index in [1.165, 1.54) is 7.11 Å². The molecular formula is C19H14Br2N2O4S. The maximum Gasteiger partial charge on any atom is 0.294 e. The molecule has 1 heterocycles. The minimum Gasteiger partial charge on any atom is -0.495 e. The number of anilines is 1. The molecule has 1 saturated heterocycles. The van der Waals surface area contributed by atoms with Crippen molar-refractivity contribution < 1.29 is 19.1 Å². The van der Waals surface area contributed by atoms with E-state index >= 15 is 0 Å². The molecule has 1 aliphatic heterocycles. The van der Waals surface area contributed by atoms with E-state index in [0.29, 0.717) is 21.5 Å². The molecule has 3 rings (SSSR count). The van der Waals surface area contributed by atoms with Crippen LogP contribution in [0.4, 0.5) is 10.5 Å². The Balaban J connectivity index is 1.78. The van der Waals surface area contributed by atoms with Crippen molar-refractivity contribution in [1.82, 2.24) is 4.90 Å². The highest BCUT2D eigenvalue weighted by molar-refractivity contribution is 9.11. The number of amides is 3. The van der Waals surface area contributed by atoms with E-state index in [4.69, 9.17) is 4.74 Å². The predicted octanol–water partition coefficient (Wildman–Crippen LogP) is 4.90. The van der Waals surface area contributed by atoms with Gasteiger partial charge in [0.05, 0.1) is 16.5 Å². The molecule has 1 fully saturated rings. The van der Waals surface area contributed by atoms with Gasteiger partial charge in [0.15, 0.2) is 0 Å². The molecular weight excluding hydrogens is 512 g/mol. The van der Waals surface area contributed by atoms with Crippen LogP contribution in [0, 0.1) is 0 Å². The quantitative estimate of drug-likeness (QED) is 0.562.